The second-order valence-corrected chi connectivity index (χ2v) is 14.8. The molecular formula is C43H59ClN14O6. The Morgan fingerprint density at radius 3 is 2.00 bits per heavy atom. The van der Waals surface area contributed by atoms with Gasteiger partial charge in [0.2, 0.25) is 17.8 Å². The fraction of sp³-hybridized carbons (Fsp3) is 0.419. The van der Waals surface area contributed by atoms with Crippen LogP contribution in [0.1, 0.15) is 68.2 Å². The van der Waals surface area contributed by atoms with Crippen LogP contribution in [0.25, 0.3) is 10.4 Å². The molecule has 0 spiro atoms. The normalized spacial score (nSPS) is 10.2. The summed E-state index contributed by atoms with van der Waals surface area (Å²) in [6.45, 7) is 6.49. The summed E-state index contributed by atoms with van der Waals surface area (Å²) in [4.78, 5) is 48.6. The molecule has 7 N–H and O–H groups in total. The van der Waals surface area contributed by atoms with E-state index in [4.69, 9.17) is 37.6 Å². The smallest absolute Gasteiger partial charge is 0.421 e. The number of halogens is 1. The van der Waals surface area contributed by atoms with Crippen LogP contribution in [0.2, 0.25) is 0 Å². The van der Waals surface area contributed by atoms with Gasteiger partial charge in [-0.2, -0.15) is 0 Å². The van der Waals surface area contributed by atoms with Crippen molar-refractivity contribution in [1.82, 2.24) is 45.1 Å². The minimum absolute atomic E-state index is 0. The van der Waals surface area contributed by atoms with Gasteiger partial charge in [0.15, 0.2) is 5.95 Å². The van der Waals surface area contributed by atoms with E-state index in [1.807, 2.05) is 54.7 Å². The first-order valence-corrected chi connectivity index (χ1v) is 20.2. The van der Waals surface area contributed by atoms with Gasteiger partial charge in [-0.3, -0.25) is 9.59 Å². The second-order valence-electron chi connectivity index (χ2n) is 14.8. The summed E-state index contributed by atoms with van der Waals surface area (Å²) in [5.74, 6) is 4.40. The number of nitrogens with one attached hydrogen (secondary N) is 3. The minimum atomic E-state index is -0.558. The molecule has 2 aromatic carbocycles. The van der Waals surface area contributed by atoms with Crippen molar-refractivity contribution in [2.24, 2.45) is 5.11 Å². The number of carbonyl (C=O) groups is 3. The number of aromatic amines is 1. The molecule has 0 unspecified atom stereocenters. The number of rotatable bonds is 19. The largest absolute Gasteiger partial charge is 0.497 e. The number of ether oxygens (including phenoxy) is 3. The molecule has 0 aliphatic rings. The number of hydrogen-bond donors (Lipinski definition) is 5. The van der Waals surface area contributed by atoms with Gasteiger partial charge in [0, 0.05) is 42.5 Å². The molecule has 0 bridgehead atoms. The summed E-state index contributed by atoms with van der Waals surface area (Å²) in [7, 11) is 3.26. The van der Waals surface area contributed by atoms with Crippen molar-refractivity contribution in [2.75, 3.05) is 45.3 Å². The average molecular weight is 903 g/mol. The number of azide groups is 1. The van der Waals surface area contributed by atoms with Gasteiger partial charge >= 0.3 is 6.09 Å². The van der Waals surface area contributed by atoms with E-state index in [1.54, 1.807) is 52.1 Å². The van der Waals surface area contributed by atoms with Crippen molar-refractivity contribution >= 4 is 42.2 Å². The summed E-state index contributed by atoms with van der Waals surface area (Å²) in [5, 5.41) is 16.9. The molecule has 0 fully saturated rings. The molecule has 344 valence electrons. The Bertz CT molecular complexity index is 2250. The third-order valence-electron chi connectivity index (χ3n) is 8.61. The summed E-state index contributed by atoms with van der Waals surface area (Å²) in [6, 6.07) is 15.4. The number of nitrogen functional groups attached to an aromatic ring is 2. The van der Waals surface area contributed by atoms with Crippen molar-refractivity contribution in [1.29, 1.82) is 0 Å². The number of imidazole rings is 2. The third-order valence-corrected chi connectivity index (χ3v) is 8.61. The summed E-state index contributed by atoms with van der Waals surface area (Å²) >= 11 is 0. The predicted molar refractivity (Wildman–Crippen MR) is 246 cm³/mol. The van der Waals surface area contributed by atoms with Crippen LogP contribution in [0.5, 0.6) is 11.5 Å². The molecular weight excluding hydrogens is 844 g/mol. The number of aryl methyl sites for hydroxylation is 3. The average Bonchev–Trinajstić information content (AvgIpc) is 4.00. The summed E-state index contributed by atoms with van der Waals surface area (Å²) in [6.07, 6.45) is 16.0. The van der Waals surface area contributed by atoms with Crippen LogP contribution < -0.4 is 31.6 Å². The van der Waals surface area contributed by atoms with Crippen LogP contribution in [0.4, 0.5) is 16.7 Å². The van der Waals surface area contributed by atoms with Crippen molar-refractivity contribution < 1.29 is 28.6 Å². The van der Waals surface area contributed by atoms with Gasteiger partial charge in [0.1, 0.15) is 30.2 Å². The van der Waals surface area contributed by atoms with Crippen LogP contribution in [-0.4, -0.2) is 91.9 Å². The molecule has 0 atom stereocenters. The van der Waals surface area contributed by atoms with E-state index in [-0.39, 0.29) is 43.3 Å². The van der Waals surface area contributed by atoms with Crippen LogP contribution in [-0.2, 0) is 53.0 Å². The molecule has 5 rings (SSSR count). The number of anilines is 2. The highest BCUT2D eigenvalue weighted by atomic mass is 35.5. The molecule has 0 radical (unpaired) electrons. The van der Waals surface area contributed by atoms with Gasteiger partial charge in [-0.25, -0.2) is 24.0 Å². The first-order valence-electron chi connectivity index (χ1n) is 20.2. The standard InChI is InChI=1S/C19H25N7O2.C13H19N3O2.C11H14N4O2.ClH/c1-28-17-7-5-14(6-8-17)9-10-21-18(27)13-26-12-16(24-25-26)4-2-3-15-11-22-19(20)23-15;1-5-6-7-8-10-9-16(11(14)15-10)12(17)18-13(2,3)4;1-17-10-4-2-9(3-5-10)6-7-13-11(16)8-14-15-12;/h5-8,11-12H,2-4,9-10,13H2,1H3,(H,21,27)(H3,20,22,23);1,9H,6-8H2,2-4H3,(H2,14,15);2-5H,6-8H2,1H3,(H,13,16);1H. The minimum Gasteiger partial charge on any atom is -0.497 e. The topological polar surface area (TPSA) is 281 Å². The van der Waals surface area contributed by atoms with E-state index in [1.165, 1.54) is 4.57 Å². The van der Waals surface area contributed by atoms with E-state index in [0.29, 0.717) is 31.9 Å². The van der Waals surface area contributed by atoms with E-state index in [0.717, 1.165) is 78.2 Å². The Hall–Kier alpha value is -7.23. The van der Waals surface area contributed by atoms with Crippen molar-refractivity contribution in [2.45, 2.75) is 84.3 Å². The number of unbranched alkanes of at least 4 members (excludes halogenated alkanes) is 1. The highest BCUT2D eigenvalue weighted by Gasteiger charge is 2.20. The Morgan fingerprint density at radius 2 is 1.47 bits per heavy atom. The molecule has 20 nitrogen and oxygen atoms in total. The van der Waals surface area contributed by atoms with E-state index < -0.39 is 11.7 Å². The zero-order chi connectivity index (χ0) is 46.0. The van der Waals surface area contributed by atoms with Gasteiger partial charge in [-0.1, -0.05) is 34.6 Å². The second kappa shape index (κ2) is 28.4. The maximum atomic E-state index is 12.1. The van der Waals surface area contributed by atoms with Crippen molar-refractivity contribution in [3.63, 3.8) is 0 Å². The molecule has 0 saturated carbocycles. The van der Waals surface area contributed by atoms with Gasteiger partial charge < -0.3 is 41.3 Å². The number of H-pyrrole nitrogens is 1. The lowest BCUT2D eigenvalue weighted by molar-refractivity contribution is -0.122. The Balaban J connectivity index is 0.000000344. The number of methoxy groups -OCH3 is 2. The summed E-state index contributed by atoms with van der Waals surface area (Å²) in [5.41, 5.74) is 23.6. The van der Waals surface area contributed by atoms with Crippen molar-refractivity contribution in [3.05, 3.63) is 106 Å². The van der Waals surface area contributed by atoms with Crippen LogP contribution >= 0.6 is 12.4 Å². The fourth-order valence-electron chi connectivity index (χ4n) is 5.52. The van der Waals surface area contributed by atoms with Crippen molar-refractivity contribution in [3.8, 4) is 23.8 Å². The maximum Gasteiger partial charge on any atom is 0.421 e. The molecule has 0 aliphatic heterocycles. The van der Waals surface area contributed by atoms with E-state index >= 15 is 0 Å². The number of carbonyl (C=O) groups excluding carboxylic acids is 3. The number of benzene rings is 2. The predicted octanol–water partition coefficient (Wildman–Crippen LogP) is 5.42. The lowest BCUT2D eigenvalue weighted by Crippen LogP contribution is -2.29. The number of nitrogens with two attached hydrogens (primary N) is 2. The molecule has 2 amide bonds. The van der Waals surface area contributed by atoms with Crippen LogP contribution in [0.3, 0.4) is 0 Å². The maximum absolute atomic E-state index is 12.1. The van der Waals surface area contributed by atoms with E-state index in [9.17, 15) is 14.4 Å². The molecule has 21 heteroatoms. The molecule has 5 aromatic rings. The zero-order valence-electron chi connectivity index (χ0n) is 37.0. The molecule has 64 heavy (non-hydrogen) atoms. The number of amides is 2. The molecule has 3 heterocycles. The molecule has 0 saturated heterocycles. The third kappa shape index (κ3) is 21.0. The number of aromatic nitrogens is 7. The number of nitrogens with zero attached hydrogens (tertiary/aromatic N) is 9. The first kappa shape index (κ1) is 52.9. The molecule has 3 aromatic heterocycles. The Kier molecular flexibility index (Phi) is 23.5. The monoisotopic (exact) mass is 902 g/mol. The lowest BCUT2D eigenvalue weighted by Gasteiger charge is -2.19. The highest BCUT2D eigenvalue weighted by molar-refractivity contribution is 5.85. The summed E-state index contributed by atoms with van der Waals surface area (Å²) < 4.78 is 18.2. The van der Waals surface area contributed by atoms with Gasteiger partial charge in [-0.15, -0.1) is 29.8 Å². The van der Waals surface area contributed by atoms with Gasteiger partial charge in [-0.05, 0) is 107 Å². The zero-order valence-corrected chi connectivity index (χ0v) is 37.8. The van der Waals surface area contributed by atoms with Crippen LogP contribution in [0, 0.1) is 12.3 Å². The number of terminal acetylenes is 1. The Labute approximate surface area is 379 Å². The lowest BCUT2D eigenvalue weighted by atomic mass is 10.1. The number of hydrogen-bond acceptors (Lipinski definition) is 13. The van der Waals surface area contributed by atoms with Crippen LogP contribution in [0.15, 0.2) is 72.2 Å². The molecule has 0 aliphatic carbocycles. The quantitative estimate of drug-likeness (QED) is 0.0229. The van der Waals surface area contributed by atoms with Gasteiger partial charge in [0.05, 0.1) is 31.8 Å². The highest BCUT2D eigenvalue weighted by Crippen LogP contribution is 2.15. The SMILES string of the molecule is C#CCCCc1cn(C(=O)OC(C)(C)C)c(N)n1.COc1ccc(CCNC(=O)CN=[N+]=[N-])cc1.COc1ccc(CCNC(=O)Cn2cc(CCCc3cnc(N)[nH]3)nn2)cc1.Cl. The fourth-order valence-corrected chi connectivity index (χ4v) is 5.52. The van der Waals surface area contributed by atoms with E-state index in [2.05, 4.69) is 51.8 Å². The van der Waals surface area contributed by atoms with Gasteiger partial charge in [0.25, 0.3) is 0 Å². The first-order chi connectivity index (χ1) is 30.2. The Morgan fingerprint density at radius 1 is 0.875 bits per heavy atom.